The molecular weight excluding hydrogens is 224 g/mol. The molecule has 1 N–H and O–H groups in total. The van der Waals surface area contributed by atoms with Gasteiger partial charge >= 0.3 is 5.97 Å². The van der Waals surface area contributed by atoms with Crippen LogP contribution in [-0.4, -0.2) is 11.1 Å². The molecule has 0 amide bonds. The summed E-state index contributed by atoms with van der Waals surface area (Å²) in [4.78, 5) is 11.9. The monoisotopic (exact) mass is 248 g/mol. The summed E-state index contributed by atoms with van der Waals surface area (Å²) in [7, 11) is 0. The second-order valence-corrected chi connectivity index (χ2v) is 5.35. The smallest absolute Gasteiger partial charge is 0.310 e. The summed E-state index contributed by atoms with van der Waals surface area (Å²) >= 11 is 0. The molecule has 0 heterocycles. The molecule has 2 heteroatoms. The fourth-order valence-electron chi connectivity index (χ4n) is 3.61. The minimum absolute atomic E-state index is 0.241. The third kappa shape index (κ3) is 2.29. The summed E-state index contributed by atoms with van der Waals surface area (Å²) in [5.41, 5.74) is -0.940. The minimum atomic E-state index is -0.699. The van der Waals surface area contributed by atoms with Crippen LogP contribution in [0.5, 0.6) is 0 Å². The Morgan fingerprint density at radius 3 is 1.94 bits per heavy atom. The van der Waals surface area contributed by atoms with Crippen LogP contribution in [0.25, 0.3) is 0 Å². The Kier molecular flexibility index (Phi) is 4.94. The van der Waals surface area contributed by atoms with E-state index >= 15 is 0 Å². The second kappa shape index (κ2) is 6.03. The van der Waals surface area contributed by atoms with E-state index in [1.54, 1.807) is 6.08 Å². The maximum atomic E-state index is 11.9. The average molecular weight is 248 g/mol. The molecule has 0 spiro atoms. The SMILES string of the molecule is C=CCC1(CC=C)CCCCC1(CC=C)C(=O)O. The van der Waals surface area contributed by atoms with Gasteiger partial charge in [0.15, 0.2) is 0 Å². The zero-order valence-corrected chi connectivity index (χ0v) is 11.2. The maximum Gasteiger partial charge on any atom is 0.310 e. The molecule has 0 saturated heterocycles. The number of carbonyl (C=O) groups is 1. The highest BCUT2D eigenvalue weighted by atomic mass is 16.4. The molecule has 1 rings (SSSR count). The van der Waals surface area contributed by atoms with E-state index in [-0.39, 0.29) is 5.41 Å². The Morgan fingerprint density at radius 2 is 1.50 bits per heavy atom. The van der Waals surface area contributed by atoms with Crippen LogP contribution in [0, 0.1) is 10.8 Å². The van der Waals surface area contributed by atoms with Gasteiger partial charge in [0.2, 0.25) is 0 Å². The molecule has 100 valence electrons. The Bertz CT molecular complexity index is 333. The zero-order valence-electron chi connectivity index (χ0n) is 11.2. The second-order valence-electron chi connectivity index (χ2n) is 5.35. The van der Waals surface area contributed by atoms with E-state index < -0.39 is 11.4 Å². The fourth-order valence-corrected chi connectivity index (χ4v) is 3.61. The van der Waals surface area contributed by atoms with Crippen molar-refractivity contribution in [3.63, 3.8) is 0 Å². The van der Waals surface area contributed by atoms with Gasteiger partial charge in [-0.3, -0.25) is 4.79 Å². The lowest BCUT2D eigenvalue weighted by atomic mass is 9.52. The van der Waals surface area contributed by atoms with E-state index in [1.165, 1.54) is 0 Å². The van der Waals surface area contributed by atoms with Crippen molar-refractivity contribution in [3.05, 3.63) is 38.0 Å². The van der Waals surface area contributed by atoms with Gasteiger partial charge in [-0.05, 0) is 37.5 Å². The summed E-state index contributed by atoms with van der Waals surface area (Å²) in [5.74, 6) is -0.689. The predicted octanol–water partition coefficient (Wildman–Crippen LogP) is 4.35. The molecule has 1 aliphatic rings. The van der Waals surface area contributed by atoms with Gasteiger partial charge in [0.1, 0.15) is 0 Å². The van der Waals surface area contributed by atoms with Crippen LogP contribution in [0.1, 0.15) is 44.9 Å². The molecule has 0 aromatic rings. The van der Waals surface area contributed by atoms with Crippen LogP contribution in [0.4, 0.5) is 0 Å². The van der Waals surface area contributed by atoms with Gasteiger partial charge in [0, 0.05) is 0 Å². The van der Waals surface area contributed by atoms with Crippen molar-refractivity contribution in [1.29, 1.82) is 0 Å². The van der Waals surface area contributed by atoms with Crippen molar-refractivity contribution in [2.45, 2.75) is 44.9 Å². The highest BCUT2D eigenvalue weighted by molar-refractivity contribution is 5.76. The first kappa shape index (κ1) is 14.7. The third-order valence-electron chi connectivity index (χ3n) is 4.50. The average Bonchev–Trinajstić information content (AvgIpc) is 2.33. The number of allylic oxidation sites excluding steroid dienone is 3. The fraction of sp³-hybridized carbons (Fsp3) is 0.562. The van der Waals surface area contributed by atoms with Crippen molar-refractivity contribution in [2.24, 2.45) is 10.8 Å². The first-order chi connectivity index (χ1) is 8.58. The number of carboxylic acids is 1. The number of hydrogen-bond donors (Lipinski definition) is 1. The first-order valence-corrected chi connectivity index (χ1v) is 6.64. The van der Waals surface area contributed by atoms with Gasteiger partial charge in [-0.25, -0.2) is 0 Å². The van der Waals surface area contributed by atoms with Crippen LogP contribution in [-0.2, 0) is 4.79 Å². The minimum Gasteiger partial charge on any atom is -0.481 e. The highest BCUT2D eigenvalue weighted by Crippen LogP contribution is 2.57. The molecular formula is C16H24O2. The van der Waals surface area contributed by atoms with Gasteiger partial charge < -0.3 is 5.11 Å². The number of carboxylic acid groups (broad SMARTS) is 1. The van der Waals surface area contributed by atoms with Crippen LogP contribution >= 0.6 is 0 Å². The lowest BCUT2D eigenvalue weighted by Gasteiger charge is -2.50. The molecule has 0 radical (unpaired) electrons. The normalized spacial score (nSPS) is 26.2. The van der Waals surface area contributed by atoms with E-state index in [1.807, 2.05) is 12.2 Å². The van der Waals surface area contributed by atoms with Crippen molar-refractivity contribution < 1.29 is 9.90 Å². The molecule has 1 atom stereocenters. The zero-order chi connectivity index (χ0) is 13.6. The van der Waals surface area contributed by atoms with Crippen molar-refractivity contribution >= 4 is 5.97 Å². The molecule has 0 bridgehead atoms. The Balaban J connectivity index is 3.28. The van der Waals surface area contributed by atoms with Gasteiger partial charge in [-0.15, -0.1) is 19.7 Å². The van der Waals surface area contributed by atoms with Crippen molar-refractivity contribution in [2.75, 3.05) is 0 Å². The van der Waals surface area contributed by atoms with E-state index in [0.717, 1.165) is 38.5 Å². The summed E-state index contributed by atoms with van der Waals surface area (Å²) in [6.07, 6.45) is 11.2. The van der Waals surface area contributed by atoms with Gasteiger partial charge in [0.25, 0.3) is 0 Å². The Morgan fingerprint density at radius 1 is 1.00 bits per heavy atom. The third-order valence-corrected chi connectivity index (χ3v) is 4.50. The lowest BCUT2D eigenvalue weighted by Crippen LogP contribution is -2.49. The number of rotatable bonds is 7. The largest absolute Gasteiger partial charge is 0.481 e. The van der Waals surface area contributed by atoms with Gasteiger partial charge in [0.05, 0.1) is 5.41 Å². The standard InChI is InChI=1S/C16H24O2/c1-4-9-15(10-5-2)12-7-8-13-16(15,11-6-3)14(17)18/h4-6H,1-3,7-13H2,(H,17,18). The molecule has 0 aliphatic heterocycles. The van der Waals surface area contributed by atoms with E-state index in [9.17, 15) is 9.90 Å². The maximum absolute atomic E-state index is 11.9. The topological polar surface area (TPSA) is 37.3 Å². The summed E-state index contributed by atoms with van der Waals surface area (Å²) in [6, 6.07) is 0. The molecule has 1 saturated carbocycles. The predicted molar refractivity (Wildman–Crippen MR) is 75.4 cm³/mol. The Hall–Kier alpha value is -1.31. The highest BCUT2D eigenvalue weighted by Gasteiger charge is 2.55. The van der Waals surface area contributed by atoms with E-state index in [4.69, 9.17) is 0 Å². The van der Waals surface area contributed by atoms with E-state index in [0.29, 0.717) is 6.42 Å². The van der Waals surface area contributed by atoms with Crippen LogP contribution < -0.4 is 0 Å². The molecule has 1 unspecified atom stereocenters. The van der Waals surface area contributed by atoms with Crippen LogP contribution in [0.2, 0.25) is 0 Å². The molecule has 2 nitrogen and oxygen atoms in total. The Labute approximate surface area is 110 Å². The summed E-state index contributed by atoms with van der Waals surface area (Å²) in [6.45, 7) is 11.4. The summed E-state index contributed by atoms with van der Waals surface area (Å²) < 4.78 is 0. The van der Waals surface area contributed by atoms with Gasteiger partial charge in [-0.1, -0.05) is 31.1 Å². The number of aliphatic carboxylic acids is 1. The van der Waals surface area contributed by atoms with Crippen LogP contribution in [0.3, 0.4) is 0 Å². The quantitative estimate of drug-likeness (QED) is 0.680. The lowest BCUT2D eigenvalue weighted by molar-refractivity contribution is -0.163. The van der Waals surface area contributed by atoms with Gasteiger partial charge in [-0.2, -0.15) is 0 Å². The van der Waals surface area contributed by atoms with E-state index in [2.05, 4.69) is 19.7 Å². The number of hydrogen-bond acceptors (Lipinski definition) is 1. The van der Waals surface area contributed by atoms with Crippen molar-refractivity contribution in [3.8, 4) is 0 Å². The van der Waals surface area contributed by atoms with Crippen LogP contribution in [0.15, 0.2) is 38.0 Å². The first-order valence-electron chi connectivity index (χ1n) is 6.64. The molecule has 0 aromatic carbocycles. The van der Waals surface area contributed by atoms with Crippen molar-refractivity contribution in [1.82, 2.24) is 0 Å². The molecule has 18 heavy (non-hydrogen) atoms. The summed E-state index contributed by atoms with van der Waals surface area (Å²) in [5, 5.41) is 9.79. The molecule has 1 fully saturated rings. The molecule has 0 aromatic heterocycles. The molecule has 1 aliphatic carbocycles.